The first-order chi connectivity index (χ1) is 6.68. The zero-order chi connectivity index (χ0) is 10.2. The van der Waals surface area contributed by atoms with Crippen LogP contribution in [0.5, 0.6) is 0 Å². The largest absolute Gasteiger partial charge is 0.319 e. The van der Waals surface area contributed by atoms with Crippen LogP contribution in [0.25, 0.3) is 0 Å². The van der Waals surface area contributed by atoms with Crippen LogP contribution in [0.3, 0.4) is 0 Å². The van der Waals surface area contributed by atoms with Crippen molar-refractivity contribution < 1.29 is 8.78 Å². The van der Waals surface area contributed by atoms with E-state index in [1.807, 2.05) is 6.07 Å². The summed E-state index contributed by atoms with van der Waals surface area (Å²) < 4.78 is 26.6. The van der Waals surface area contributed by atoms with Crippen LogP contribution in [0, 0.1) is 5.92 Å². The Morgan fingerprint density at radius 3 is 2.50 bits per heavy atom. The van der Waals surface area contributed by atoms with Crippen LogP contribution in [0.2, 0.25) is 0 Å². The van der Waals surface area contributed by atoms with Crippen molar-refractivity contribution in [2.45, 2.75) is 11.8 Å². The lowest BCUT2D eigenvalue weighted by Crippen LogP contribution is -2.13. The fourth-order valence-corrected chi connectivity index (χ4v) is 1.98. The average molecular weight is 197 g/mol. The third-order valence-electron chi connectivity index (χ3n) is 2.79. The molecule has 1 N–H and O–H groups in total. The molecule has 0 heterocycles. The minimum Gasteiger partial charge on any atom is -0.319 e. The normalized spacial score (nSPS) is 28.8. The van der Waals surface area contributed by atoms with E-state index in [0.717, 1.165) is 5.56 Å². The topological polar surface area (TPSA) is 12.0 Å². The Labute approximate surface area is 82.1 Å². The highest BCUT2D eigenvalue weighted by molar-refractivity contribution is 5.32. The van der Waals surface area contributed by atoms with Crippen LogP contribution in [0.1, 0.15) is 11.5 Å². The third kappa shape index (κ3) is 1.42. The van der Waals surface area contributed by atoms with E-state index in [-0.39, 0.29) is 0 Å². The number of alkyl halides is 2. The molecule has 1 nitrogen and oxygen atoms in total. The van der Waals surface area contributed by atoms with Gasteiger partial charge in [0.2, 0.25) is 0 Å². The number of benzene rings is 1. The zero-order valence-corrected chi connectivity index (χ0v) is 8.00. The van der Waals surface area contributed by atoms with Crippen molar-refractivity contribution in [2.75, 3.05) is 13.6 Å². The van der Waals surface area contributed by atoms with E-state index in [9.17, 15) is 8.78 Å². The summed E-state index contributed by atoms with van der Waals surface area (Å²) in [6, 6.07) is 9.00. The number of hydrogen-bond acceptors (Lipinski definition) is 1. The summed E-state index contributed by atoms with van der Waals surface area (Å²) in [4.78, 5) is 0. The molecule has 0 saturated heterocycles. The second-order valence-corrected chi connectivity index (χ2v) is 3.73. The average Bonchev–Trinajstić information content (AvgIpc) is 2.71. The van der Waals surface area contributed by atoms with Crippen LogP contribution in [-0.2, 0) is 0 Å². The van der Waals surface area contributed by atoms with Crippen molar-refractivity contribution in [3.63, 3.8) is 0 Å². The Balaban J connectivity index is 2.15. The minimum atomic E-state index is -2.52. The SMILES string of the molecule is CNC[C@H]1[C@@H](c2ccccc2)C1(F)F. The molecule has 1 fully saturated rings. The molecule has 2 rings (SSSR count). The van der Waals surface area contributed by atoms with Crippen molar-refractivity contribution in [3.05, 3.63) is 35.9 Å². The quantitative estimate of drug-likeness (QED) is 0.783. The predicted molar refractivity (Wildman–Crippen MR) is 51.5 cm³/mol. The monoisotopic (exact) mass is 197 g/mol. The number of hydrogen-bond donors (Lipinski definition) is 1. The Hall–Kier alpha value is -0.960. The fraction of sp³-hybridized carbons (Fsp3) is 0.455. The maximum absolute atomic E-state index is 13.3. The van der Waals surface area contributed by atoms with Gasteiger partial charge in [0.15, 0.2) is 0 Å². The summed E-state index contributed by atoms with van der Waals surface area (Å²) >= 11 is 0. The van der Waals surface area contributed by atoms with Crippen molar-refractivity contribution in [3.8, 4) is 0 Å². The van der Waals surface area contributed by atoms with Crippen LogP contribution in [0.15, 0.2) is 30.3 Å². The Morgan fingerprint density at radius 2 is 1.93 bits per heavy atom. The highest BCUT2D eigenvalue weighted by atomic mass is 19.3. The molecule has 1 aromatic carbocycles. The van der Waals surface area contributed by atoms with E-state index in [0.29, 0.717) is 6.54 Å². The van der Waals surface area contributed by atoms with Crippen LogP contribution < -0.4 is 5.32 Å². The molecule has 0 spiro atoms. The minimum absolute atomic E-state index is 0.382. The summed E-state index contributed by atoms with van der Waals surface area (Å²) in [7, 11) is 1.70. The molecule has 2 atom stereocenters. The molecule has 1 aliphatic rings. The third-order valence-corrected chi connectivity index (χ3v) is 2.79. The van der Waals surface area contributed by atoms with Crippen molar-refractivity contribution in [2.24, 2.45) is 5.92 Å². The molecule has 0 radical (unpaired) electrons. The molecule has 3 heteroatoms. The summed E-state index contributed by atoms with van der Waals surface area (Å²) in [5.74, 6) is -3.64. The first-order valence-corrected chi connectivity index (χ1v) is 4.75. The molecule has 1 aliphatic carbocycles. The number of nitrogens with one attached hydrogen (secondary N) is 1. The van der Waals surface area contributed by atoms with Crippen LogP contribution >= 0.6 is 0 Å². The van der Waals surface area contributed by atoms with Crippen molar-refractivity contribution in [1.82, 2.24) is 5.32 Å². The van der Waals surface area contributed by atoms with Gasteiger partial charge in [0.05, 0.1) is 5.92 Å². The highest BCUT2D eigenvalue weighted by Gasteiger charge is 2.67. The second-order valence-electron chi connectivity index (χ2n) is 3.73. The van der Waals surface area contributed by atoms with Gasteiger partial charge in [-0.25, -0.2) is 8.78 Å². The van der Waals surface area contributed by atoms with Gasteiger partial charge in [0.25, 0.3) is 5.92 Å². The van der Waals surface area contributed by atoms with Crippen LogP contribution in [-0.4, -0.2) is 19.5 Å². The molecule has 14 heavy (non-hydrogen) atoms. The molecule has 0 bridgehead atoms. The van der Waals surface area contributed by atoms with Crippen molar-refractivity contribution in [1.29, 1.82) is 0 Å². The number of rotatable bonds is 3. The fourth-order valence-electron chi connectivity index (χ4n) is 1.98. The Morgan fingerprint density at radius 1 is 1.29 bits per heavy atom. The van der Waals surface area contributed by atoms with Gasteiger partial charge in [-0.05, 0) is 12.6 Å². The van der Waals surface area contributed by atoms with E-state index < -0.39 is 17.8 Å². The Bertz CT molecular complexity index is 310. The molecule has 0 aromatic heterocycles. The lowest BCUT2D eigenvalue weighted by molar-refractivity contribution is 0.0935. The van der Waals surface area contributed by atoms with Gasteiger partial charge in [-0.2, -0.15) is 0 Å². The first-order valence-electron chi connectivity index (χ1n) is 4.75. The predicted octanol–water partition coefficient (Wildman–Crippen LogP) is 2.25. The van der Waals surface area contributed by atoms with Gasteiger partial charge < -0.3 is 5.32 Å². The zero-order valence-electron chi connectivity index (χ0n) is 8.00. The molecule has 0 aliphatic heterocycles. The van der Waals surface area contributed by atoms with Gasteiger partial charge in [0, 0.05) is 12.5 Å². The van der Waals surface area contributed by atoms with Gasteiger partial charge in [-0.1, -0.05) is 30.3 Å². The summed E-state index contributed by atoms with van der Waals surface area (Å²) in [6.07, 6.45) is 0. The second kappa shape index (κ2) is 3.31. The summed E-state index contributed by atoms with van der Waals surface area (Å²) in [6.45, 7) is 0.382. The van der Waals surface area contributed by atoms with Crippen molar-refractivity contribution >= 4 is 0 Å². The summed E-state index contributed by atoms with van der Waals surface area (Å²) in [5.41, 5.74) is 0.748. The highest BCUT2D eigenvalue weighted by Crippen LogP contribution is 2.61. The molecule has 0 unspecified atom stereocenters. The molecular formula is C11H13F2N. The number of halogens is 2. The molecule has 1 aromatic rings. The molecule has 1 saturated carbocycles. The maximum atomic E-state index is 13.3. The van der Waals surface area contributed by atoms with E-state index in [1.165, 1.54) is 0 Å². The van der Waals surface area contributed by atoms with Gasteiger partial charge in [0.1, 0.15) is 0 Å². The summed E-state index contributed by atoms with van der Waals surface area (Å²) in [5, 5.41) is 2.81. The van der Waals surface area contributed by atoms with Gasteiger partial charge in [-0.15, -0.1) is 0 Å². The first kappa shape index (κ1) is 9.59. The van der Waals surface area contributed by atoms with E-state index >= 15 is 0 Å². The lowest BCUT2D eigenvalue weighted by Gasteiger charge is -1.96. The van der Waals surface area contributed by atoms with E-state index in [2.05, 4.69) is 5.32 Å². The molecular weight excluding hydrogens is 184 g/mol. The molecule has 76 valence electrons. The van der Waals surface area contributed by atoms with Gasteiger partial charge >= 0.3 is 0 Å². The smallest absolute Gasteiger partial charge is 0.260 e. The van der Waals surface area contributed by atoms with E-state index in [1.54, 1.807) is 31.3 Å². The standard InChI is InChI=1S/C11H13F2N/c1-14-7-9-10(11(9,12)13)8-5-3-2-4-6-8/h2-6,9-10,14H,7H2,1H3/t9-,10+/m0/s1. The van der Waals surface area contributed by atoms with Crippen LogP contribution in [0.4, 0.5) is 8.78 Å². The van der Waals surface area contributed by atoms with Gasteiger partial charge in [-0.3, -0.25) is 0 Å². The Kier molecular flexibility index (Phi) is 2.27. The molecule has 0 amide bonds. The maximum Gasteiger partial charge on any atom is 0.260 e. The lowest BCUT2D eigenvalue weighted by atomic mass is 10.1. The van der Waals surface area contributed by atoms with E-state index in [4.69, 9.17) is 0 Å².